The summed E-state index contributed by atoms with van der Waals surface area (Å²) in [4.78, 5) is 11.2. The van der Waals surface area contributed by atoms with Gasteiger partial charge in [-0.2, -0.15) is 0 Å². The third-order valence-corrected chi connectivity index (χ3v) is 2.74. The molecule has 5 heteroatoms. The minimum atomic E-state index is -0.360. The van der Waals surface area contributed by atoms with Crippen LogP contribution in [-0.2, 0) is 11.4 Å². The molecule has 5 nitrogen and oxygen atoms in total. The van der Waals surface area contributed by atoms with Crippen molar-refractivity contribution in [2.45, 2.75) is 32.4 Å². The van der Waals surface area contributed by atoms with Crippen molar-refractivity contribution in [3.05, 3.63) is 29.8 Å². The number of aliphatic hydroxyl groups excluding tert-OH is 1. The molecule has 1 rings (SSSR count). The van der Waals surface area contributed by atoms with Gasteiger partial charge in [-0.25, -0.2) is 0 Å². The fourth-order valence-corrected chi connectivity index (χ4v) is 1.69. The zero-order chi connectivity index (χ0) is 14.1. The van der Waals surface area contributed by atoms with Crippen LogP contribution < -0.4 is 15.8 Å². The van der Waals surface area contributed by atoms with E-state index in [2.05, 4.69) is 5.32 Å². The first-order chi connectivity index (χ1) is 9.17. The zero-order valence-corrected chi connectivity index (χ0v) is 11.3. The summed E-state index contributed by atoms with van der Waals surface area (Å²) in [6.07, 6.45) is 1.47. The molecule has 4 N–H and O–H groups in total. The van der Waals surface area contributed by atoms with E-state index >= 15 is 0 Å². The van der Waals surface area contributed by atoms with Crippen molar-refractivity contribution in [1.29, 1.82) is 0 Å². The molecule has 0 saturated carbocycles. The van der Waals surface area contributed by atoms with Crippen LogP contribution in [0.4, 0.5) is 0 Å². The summed E-state index contributed by atoms with van der Waals surface area (Å²) in [5.74, 6) is 0.325. The van der Waals surface area contributed by atoms with E-state index in [4.69, 9.17) is 15.6 Å². The molecule has 0 aromatic heterocycles. The normalized spacial score (nSPS) is 12.1. The van der Waals surface area contributed by atoms with Crippen LogP contribution in [0, 0.1) is 0 Å². The van der Waals surface area contributed by atoms with E-state index < -0.39 is 0 Å². The Morgan fingerprint density at radius 2 is 2.32 bits per heavy atom. The topological polar surface area (TPSA) is 84.6 Å². The molecule has 0 heterocycles. The summed E-state index contributed by atoms with van der Waals surface area (Å²) in [7, 11) is 0. The number of carbonyl (C=O) groups is 1. The highest BCUT2D eigenvalue weighted by Crippen LogP contribution is 2.13. The molecule has 0 radical (unpaired) electrons. The van der Waals surface area contributed by atoms with E-state index in [1.165, 1.54) is 0 Å². The van der Waals surface area contributed by atoms with Crippen molar-refractivity contribution in [1.82, 2.24) is 5.32 Å². The molecule has 0 aliphatic rings. The lowest BCUT2D eigenvalue weighted by molar-refractivity contribution is -0.120. The van der Waals surface area contributed by atoms with E-state index in [0.29, 0.717) is 18.8 Å². The van der Waals surface area contributed by atoms with Gasteiger partial charge in [-0.3, -0.25) is 4.79 Å². The van der Waals surface area contributed by atoms with Crippen LogP contribution in [0.15, 0.2) is 24.3 Å². The van der Waals surface area contributed by atoms with Crippen molar-refractivity contribution in [2.24, 2.45) is 5.73 Å². The first kappa shape index (κ1) is 15.5. The van der Waals surface area contributed by atoms with Crippen molar-refractivity contribution in [3.63, 3.8) is 0 Å². The van der Waals surface area contributed by atoms with E-state index in [1.54, 1.807) is 6.07 Å². The highest BCUT2D eigenvalue weighted by atomic mass is 16.5. The third-order valence-electron chi connectivity index (χ3n) is 2.74. The van der Waals surface area contributed by atoms with Gasteiger partial charge in [0.25, 0.3) is 0 Å². The van der Waals surface area contributed by atoms with Gasteiger partial charge in [-0.15, -0.1) is 0 Å². The van der Waals surface area contributed by atoms with Gasteiger partial charge in [-0.05, 0) is 30.7 Å². The molecule has 1 aromatic rings. The second-order valence-corrected chi connectivity index (χ2v) is 4.35. The molecule has 1 aromatic carbocycles. The lowest BCUT2D eigenvalue weighted by Crippen LogP contribution is -2.42. The van der Waals surface area contributed by atoms with E-state index in [-0.39, 0.29) is 18.6 Å². The summed E-state index contributed by atoms with van der Waals surface area (Å²) in [6, 6.07) is 6.88. The van der Waals surface area contributed by atoms with E-state index in [9.17, 15) is 4.79 Å². The fourth-order valence-electron chi connectivity index (χ4n) is 1.69. The molecule has 0 saturated heterocycles. The molecule has 1 atom stereocenters. The lowest BCUT2D eigenvalue weighted by atomic mass is 10.2. The van der Waals surface area contributed by atoms with Gasteiger partial charge < -0.3 is 20.9 Å². The number of aliphatic hydroxyl groups is 1. The Morgan fingerprint density at radius 1 is 1.53 bits per heavy atom. The number of nitrogens with two attached hydrogens (primary N) is 1. The zero-order valence-electron chi connectivity index (χ0n) is 11.3. The molecule has 0 aliphatic carbocycles. The second-order valence-electron chi connectivity index (χ2n) is 4.35. The minimum Gasteiger partial charge on any atom is -0.494 e. The van der Waals surface area contributed by atoms with Gasteiger partial charge in [0.05, 0.1) is 19.3 Å². The monoisotopic (exact) mass is 266 g/mol. The number of rotatable bonds is 9. The molecule has 1 unspecified atom stereocenters. The second kappa shape index (κ2) is 8.50. The summed E-state index contributed by atoms with van der Waals surface area (Å²) < 4.78 is 5.55. The molecule has 0 aliphatic heterocycles. The molecular formula is C14H22N2O3. The molecule has 0 fully saturated rings. The first-order valence-electron chi connectivity index (χ1n) is 6.52. The Kier molecular flexibility index (Phi) is 6.92. The Balaban J connectivity index is 2.40. The average molecular weight is 266 g/mol. The van der Waals surface area contributed by atoms with Gasteiger partial charge in [0.1, 0.15) is 5.75 Å². The predicted octanol–water partition coefficient (Wildman–Crippen LogP) is 0.801. The van der Waals surface area contributed by atoms with Crippen LogP contribution in [0.25, 0.3) is 0 Å². The molecule has 0 spiro atoms. The summed E-state index contributed by atoms with van der Waals surface area (Å²) >= 11 is 0. The van der Waals surface area contributed by atoms with Crippen molar-refractivity contribution in [3.8, 4) is 5.75 Å². The number of carbonyl (C=O) groups excluding carboxylic acids is 1. The SMILES string of the molecule is CCCNC(CCOc1cccc(CO)c1)C(N)=O. The number of amides is 1. The third kappa shape index (κ3) is 5.72. The standard InChI is InChI=1S/C14H22N2O3/c1-2-7-16-13(14(15)18)6-8-19-12-5-3-4-11(9-12)10-17/h3-5,9,13,16-17H,2,6-8,10H2,1H3,(H2,15,18). The first-order valence-corrected chi connectivity index (χ1v) is 6.52. The highest BCUT2D eigenvalue weighted by Gasteiger charge is 2.13. The summed E-state index contributed by atoms with van der Waals surface area (Å²) in [5, 5.41) is 12.1. The molecule has 1 amide bonds. The minimum absolute atomic E-state index is 0.0147. The van der Waals surface area contributed by atoms with Crippen LogP contribution in [0.3, 0.4) is 0 Å². The van der Waals surface area contributed by atoms with Crippen molar-refractivity contribution in [2.75, 3.05) is 13.2 Å². The Hall–Kier alpha value is -1.59. The smallest absolute Gasteiger partial charge is 0.234 e. The van der Waals surface area contributed by atoms with Gasteiger partial charge in [0.15, 0.2) is 0 Å². The Labute approximate surface area is 113 Å². The quantitative estimate of drug-likeness (QED) is 0.617. The van der Waals surface area contributed by atoms with E-state index in [0.717, 1.165) is 18.5 Å². The fraction of sp³-hybridized carbons (Fsp3) is 0.500. The number of hydrogen-bond acceptors (Lipinski definition) is 4. The maximum atomic E-state index is 11.2. The van der Waals surface area contributed by atoms with Gasteiger partial charge in [-0.1, -0.05) is 19.1 Å². The Bertz CT molecular complexity index is 396. The molecule has 0 bridgehead atoms. The predicted molar refractivity (Wildman–Crippen MR) is 73.8 cm³/mol. The maximum Gasteiger partial charge on any atom is 0.234 e. The van der Waals surface area contributed by atoms with Gasteiger partial charge in [0, 0.05) is 6.42 Å². The molecular weight excluding hydrogens is 244 g/mol. The largest absolute Gasteiger partial charge is 0.494 e. The van der Waals surface area contributed by atoms with Crippen LogP contribution >= 0.6 is 0 Å². The van der Waals surface area contributed by atoms with Crippen LogP contribution in [-0.4, -0.2) is 30.2 Å². The molecule has 106 valence electrons. The summed E-state index contributed by atoms with van der Waals surface area (Å²) in [6.45, 7) is 3.17. The van der Waals surface area contributed by atoms with Gasteiger partial charge in [0.2, 0.25) is 5.91 Å². The highest BCUT2D eigenvalue weighted by molar-refractivity contribution is 5.79. The van der Waals surface area contributed by atoms with Crippen LogP contribution in [0.2, 0.25) is 0 Å². The van der Waals surface area contributed by atoms with Crippen LogP contribution in [0.1, 0.15) is 25.3 Å². The van der Waals surface area contributed by atoms with Crippen molar-refractivity contribution >= 4 is 5.91 Å². The van der Waals surface area contributed by atoms with Gasteiger partial charge >= 0.3 is 0 Å². The lowest BCUT2D eigenvalue weighted by Gasteiger charge is -2.15. The number of hydrogen-bond donors (Lipinski definition) is 3. The maximum absolute atomic E-state index is 11.2. The number of nitrogens with one attached hydrogen (secondary N) is 1. The van der Waals surface area contributed by atoms with E-state index in [1.807, 2.05) is 25.1 Å². The number of ether oxygens (including phenoxy) is 1. The molecule has 19 heavy (non-hydrogen) atoms. The summed E-state index contributed by atoms with van der Waals surface area (Å²) in [5.41, 5.74) is 6.11. The number of primary amides is 1. The Morgan fingerprint density at radius 3 is 2.95 bits per heavy atom. The van der Waals surface area contributed by atoms with Crippen molar-refractivity contribution < 1.29 is 14.6 Å². The number of benzene rings is 1. The average Bonchev–Trinajstić information content (AvgIpc) is 2.42. The van der Waals surface area contributed by atoms with Crippen LogP contribution in [0.5, 0.6) is 5.75 Å².